The zero-order valence-electron chi connectivity index (χ0n) is 12.8. The van der Waals surface area contributed by atoms with Crippen molar-refractivity contribution >= 4 is 16.8 Å². The van der Waals surface area contributed by atoms with Gasteiger partial charge in [0.25, 0.3) is 0 Å². The number of aromatic nitrogens is 1. The van der Waals surface area contributed by atoms with Crippen LogP contribution in [0.15, 0.2) is 30.4 Å². The van der Waals surface area contributed by atoms with Crippen LogP contribution in [0.2, 0.25) is 0 Å². The fourth-order valence-electron chi connectivity index (χ4n) is 3.25. The Hall–Kier alpha value is -2.10. The van der Waals surface area contributed by atoms with Crippen LogP contribution >= 0.6 is 0 Å². The Morgan fingerprint density at radius 3 is 2.95 bits per heavy atom. The van der Waals surface area contributed by atoms with Gasteiger partial charge in [-0.05, 0) is 55.9 Å². The normalized spacial score (nSPS) is 15.1. The number of rotatable bonds is 5. The van der Waals surface area contributed by atoms with Crippen molar-refractivity contribution in [3.05, 3.63) is 47.4 Å². The lowest BCUT2D eigenvalue weighted by atomic mass is 9.79. The van der Waals surface area contributed by atoms with Crippen molar-refractivity contribution in [2.24, 2.45) is 5.92 Å². The van der Waals surface area contributed by atoms with Crippen molar-refractivity contribution in [1.29, 1.82) is 0 Å². The van der Waals surface area contributed by atoms with Gasteiger partial charge in [-0.3, -0.25) is 4.79 Å². The molecule has 1 saturated carbocycles. The number of allylic oxidation sites excluding steroid dienone is 1. The molecule has 0 unspecified atom stereocenters. The third-order valence-electron chi connectivity index (χ3n) is 4.41. The van der Waals surface area contributed by atoms with Gasteiger partial charge in [0, 0.05) is 29.6 Å². The first-order valence-corrected chi connectivity index (χ1v) is 7.73. The van der Waals surface area contributed by atoms with E-state index < -0.39 is 0 Å². The summed E-state index contributed by atoms with van der Waals surface area (Å²) in [6, 6.07) is 4.78. The number of hydrogen-bond donors (Lipinski definition) is 2. The van der Waals surface area contributed by atoms with Crippen LogP contribution in [0.4, 0.5) is 4.39 Å². The maximum absolute atomic E-state index is 13.2. The lowest BCUT2D eigenvalue weighted by Crippen LogP contribution is -2.29. The molecule has 1 aromatic carbocycles. The average molecular weight is 300 g/mol. The average Bonchev–Trinajstić information content (AvgIpc) is 2.72. The molecule has 116 valence electrons. The molecule has 0 bridgehead atoms. The van der Waals surface area contributed by atoms with Crippen LogP contribution in [0.25, 0.3) is 10.9 Å². The summed E-state index contributed by atoms with van der Waals surface area (Å²) in [6.45, 7) is 6.49. The SMILES string of the molecule is C=C1CC(CC(=O)NCCc2c(C)[nH]c3cc(F)ccc23)C1. The summed E-state index contributed by atoms with van der Waals surface area (Å²) < 4.78 is 13.2. The molecule has 1 aliphatic carbocycles. The molecule has 0 aliphatic heterocycles. The van der Waals surface area contributed by atoms with Gasteiger partial charge in [0.2, 0.25) is 5.91 Å². The molecule has 0 radical (unpaired) electrons. The number of nitrogens with one attached hydrogen (secondary N) is 2. The highest BCUT2D eigenvalue weighted by atomic mass is 19.1. The van der Waals surface area contributed by atoms with E-state index in [1.165, 1.54) is 17.7 Å². The first-order chi connectivity index (χ1) is 10.5. The highest BCUT2D eigenvalue weighted by molar-refractivity contribution is 5.84. The summed E-state index contributed by atoms with van der Waals surface area (Å²) >= 11 is 0. The van der Waals surface area contributed by atoms with Crippen LogP contribution in [0, 0.1) is 18.7 Å². The Morgan fingerprint density at radius 2 is 2.23 bits per heavy atom. The third-order valence-corrected chi connectivity index (χ3v) is 4.41. The molecule has 4 heteroatoms. The number of aryl methyl sites for hydroxylation is 1. The predicted octanol–water partition coefficient (Wildman–Crippen LogP) is 3.63. The second kappa shape index (κ2) is 5.95. The first-order valence-electron chi connectivity index (χ1n) is 7.73. The van der Waals surface area contributed by atoms with Crippen molar-refractivity contribution in [1.82, 2.24) is 10.3 Å². The molecule has 3 nitrogen and oxygen atoms in total. The van der Waals surface area contributed by atoms with Gasteiger partial charge >= 0.3 is 0 Å². The van der Waals surface area contributed by atoms with E-state index in [1.54, 1.807) is 6.07 Å². The molecule has 1 heterocycles. The van der Waals surface area contributed by atoms with E-state index in [0.717, 1.165) is 41.4 Å². The maximum Gasteiger partial charge on any atom is 0.220 e. The van der Waals surface area contributed by atoms with Crippen LogP contribution < -0.4 is 5.32 Å². The number of H-pyrrole nitrogens is 1. The highest BCUT2D eigenvalue weighted by Gasteiger charge is 2.23. The van der Waals surface area contributed by atoms with Crippen LogP contribution in [-0.2, 0) is 11.2 Å². The molecular formula is C18H21FN2O. The molecule has 0 saturated heterocycles. The van der Waals surface area contributed by atoms with Gasteiger partial charge in [0.1, 0.15) is 5.82 Å². The summed E-state index contributed by atoms with van der Waals surface area (Å²) in [5, 5.41) is 4.01. The van der Waals surface area contributed by atoms with E-state index >= 15 is 0 Å². The van der Waals surface area contributed by atoms with E-state index in [-0.39, 0.29) is 11.7 Å². The zero-order chi connectivity index (χ0) is 15.7. The highest BCUT2D eigenvalue weighted by Crippen LogP contribution is 2.33. The molecule has 0 spiro atoms. The topological polar surface area (TPSA) is 44.9 Å². The Kier molecular flexibility index (Phi) is 4.01. The van der Waals surface area contributed by atoms with Crippen molar-refractivity contribution in [3.8, 4) is 0 Å². The van der Waals surface area contributed by atoms with Crippen molar-refractivity contribution in [3.63, 3.8) is 0 Å². The molecule has 1 amide bonds. The molecule has 1 aromatic heterocycles. The van der Waals surface area contributed by atoms with Gasteiger partial charge < -0.3 is 10.3 Å². The van der Waals surface area contributed by atoms with E-state index in [4.69, 9.17) is 0 Å². The summed E-state index contributed by atoms with van der Waals surface area (Å²) in [7, 11) is 0. The van der Waals surface area contributed by atoms with E-state index in [2.05, 4.69) is 16.9 Å². The lowest BCUT2D eigenvalue weighted by Gasteiger charge is -2.27. The Morgan fingerprint density at radius 1 is 1.45 bits per heavy atom. The fraction of sp³-hybridized carbons (Fsp3) is 0.389. The fourth-order valence-corrected chi connectivity index (χ4v) is 3.25. The van der Waals surface area contributed by atoms with E-state index in [1.807, 2.05) is 6.92 Å². The van der Waals surface area contributed by atoms with Gasteiger partial charge in [0.15, 0.2) is 0 Å². The minimum atomic E-state index is -0.240. The van der Waals surface area contributed by atoms with Crippen molar-refractivity contribution in [2.45, 2.75) is 32.6 Å². The second-order valence-corrected chi connectivity index (χ2v) is 6.25. The van der Waals surface area contributed by atoms with Crippen LogP contribution in [0.3, 0.4) is 0 Å². The Balaban J connectivity index is 1.56. The standard InChI is InChI=1S/C18H21FN2O/c1-11-7-13(8-11)9-18(22)20-6-5-15-12(2)21-17-10-14(19)3-4-16(15)17/h3-4,10,13,21H,1,5-9H2,2H3,(H,20,22). The Labute approximate surface area is 129 Å². The van der Waals surface area contributed by atoms with Crippen molar-refractivity contribution in [2.75, 3.05) is 6.54 Å². The minimum absolute atomic E-state index is 0.112. The molecular weight excluding hydrogens is 279 g/mol. The van der Waals surface area contributed by atoms with Crippen LogP contribution in [0.5, 0.6) is 0 Å². The zero-order valence-corrected chi connectivity index (χ0v) is 12.8. The summed E-state index contributed by atoms with van der Waals surface area (Å²) in [5.74, 6) is 0.349. The lowest BCUT2D eigenvalue weighted by molar-refractivity contribution is -0.122. The van der Waals surface area contributed by atoms with Gasteiger partial charge in [0.05, 0.1) is 0 Å². The predicted molar refractivity (Wildman–Crippen MR) is 86.2 cm³/mol. The number of carbonyl (C=O) groups is 1. The van der Waals surface area contributed by atoms with E-state index in [9.17, 15) is 9.18 Å². The first kappa shape index (κ1) is 14.8. The second-order valence-electron chi connectivity index (χ2n) is 6.25. The largest absolute Gasteiger partial charge is 0.358 e. The van der Waals surface area contributed by atoms with Gasteiger partial charge in [-0.1, -0.05) is 12.2 Å². The number of fused-ring (bicyclic) bond motifs is 1. The van der Waals surface area contributed by atoms with Gasteiger partial charge in [-0.25, -0.2) is 4.39 Å². The number of benzene rings is 1. The van der Waals surface area contributed by atoms with Crippen LogP contribution in [-0.4, -0.2) is 17.4 Å². The Bertz CT molecular complexity index is 724. The molecule has 3 rings (SSSR count). The molecule has 2 aromatic rings. The number of carbonyl (C=O) groups excluding carboxylic acids is 1. The number of hydrogen-bond acceptors (Lipinski definition) is 1. The number of aromatic amines is 1. The van der Waals surface area contributed by atoms with Crippen molar-refractivity contribution < 1.29 is 9.18 Å². The minimum Gasteiger partial charge on any atom is -0.358 e. The molecule has 1 fully saturated rings. The molecule has 0 atom stereocenters. The maximum atomic E-state index is 13.2. The summed E-state index contributed by atoms with van der Waals surface area (Å²) in [5.41, 5.74) is 4.24. The summed E-state index contributed by atoms with van der Waals surface area (Å²) in [6.07, 6.45) is 3.32. The monoisotopic (exact) mass is 300 g/mol. The molecule has 1 aliphatic rings. The molecule has 22 heavy (non-hydrogen) atoms. The summed E-state index contributed by atoms with van der Waals surface area (Å²) in [4.78, 5) is 15.1. The number of halogens is 1. The quantitative estimate of drug-likeness (QED) is 0.814. The number of amides is 1. The smallest absolute Gasteiger partial charge is 0.220 e. The van der Waals surface area contributed by atoms with Gasteiger partial charge in [-0.15, -0.1) is 0 Å². The van der Waals surface area contributed by atoms with E-state index in [0.29, 0.717) is 18.9 Å². The molecule has 2 N–H and O–H groups in total. The van der Waals surface area contributed by atoms with Gasteiger partial charge in [-0.2, -0.15) is 0 Å². The van der Waals surface area contributed by atoms with Crippen LogP contribution in [0.1, 0.15) is 30.5 Å². The third kappa shape index (κ3) is 3.06.